The molecule has 0 saturated carbocycles. The molecule has 0 aromatic rings. The van der Waals surface area contributed by atoms with Crippen molar-refractivity contribution in [3.63, 3.8) is 0 Å². The number of hydrogen-bond acceptors (Lipinski definition) is 4. The first-order valence-corrected chi connectivity index (χ1v) is 5.77. The van der Waals surface area contributed by atoms with Gasteiger partial charge in [-0.15, -0.1) is 0 Å². The second-order valence-electron chi connectivity index (χ2n) is 2.41. The lowest BCUT2D eigenvalue weighted by molar-refractivity contribution is 0.155. The maximum absolute atomic E-state index is 11.0. The van der Waals surface area contributed by atoms with Gasteiger partial charge in [-0.05, 0) is 13.3 Å². The molecule has 0 aliphatic heterocycles. The molecule has 0 amide bonds. The Hall–Kier alpha value is -0.380. The Morgan fingerprint density at radius 3 is 2.54 bits per heavy atom. The number of hydrogen-bond donors (Lipinski definition) is 1. The van der Waals surface area contributed by atoms with Crippen molar-refractivity contribution in [1.82, 2.24) is 0 Å². The molecule has 0 saturated heterocycles. The van der Waals surface area contributed by atoms with Crippen LogP contribution in [0.15, 0.2) is 0 Å². The zero-order valence-corrected chi connectivity index (χ0v) is 8.75. The van der Waals surface area contributed by atoms with E-state index in [9.17, 15) is 9.36 Å². The van der Waals surface area contributed by atoms with E-state index in [1.807, 2.05) is 6.92 Å². The van der Waals surface area contributed by atoms with Crippen LogP contribution in [0.3, 0.4) is 0 Å². The van der Waals surface area contributed by atoms with E-state index in [1.165, 1.54) is 6.92 Å². The molecule has 0 bridgehead atoms. The van der Waals surface area contributed by atoms with Gasteiger partial charge in [0.05, 0.1) is 13.2 Å². The van der Waals surface area contributed by atoms with Crippen molar-refractivity contribution in [1.29, 1.82) is 0 Å². The largest absolute Gasteiger partial charge is 0.457 e. The van der Waals surface area contributed by atoms with E-state index in [1.54, 1.807) is 0 Å². The zero-order chi connectivity index (χ0) is 10.3. The summed E-state index contributed by atoms with van der Waals surface area (Å²) in [5.41, 5.74) is -1.16. The Morgan fingerprint density at radius 2 is 2.08 bits per heavy atom. The molecule has 0 heterocycles. The average molecular weight is 210 g/mol. The molecule has 0 radical (unpaired) electrons. The maximum atomic E-state index is 11.0. The highest BCUT2D eigenvalue weighted by Gasteiger charge is 2.31. The van der Waals surface area contributed by atoms with Crippen LogP contribution in [-0.2, 0) is 13.8 Å². The van der Waals surface area contributed by atoms with Crippen LogP contribution in [0.4, 0.5) is 4.79 Å². The van der Waals surface area contributed by atoms with E-state index in [-0.39, 0.29) is 13.2 Å². The summed E-state index contributed by atoms with van der Waals surface area (Å²) in [7, 11) is -4.18. The predicted molar refractivity (Wildman–Crippen MR) is 47.7 cm³/mol. The Morgan fingerprint density at radius 1 is 1.46 bits per heavy atom. The van der Waals surface area contributed by atoms with Crippen LogP contribution in [0.25, 0.3) is 0 Å². The molecule has 0 spiro atoms. The van der Waals surface area contributed by atoms with Crippen molar-refractivity contribution in [3.8, 4) is 0 Å². The van der Waals surface area contributed by atoms with Crippen LogP contribution in [0.1, 0.15) is 26.7 Å². The second kappa shape index (κ2) is 6.13. The number of rotatable bonds is 6. The lowest BCUT2D eigenvalue weighted by atomic mass is 10.4. The number of unbranched alkanes of at least 4 members (excludes halogenated alkanes) is 1. The van der Waals surface area contributed by atoms with Crippen molar-refractivity contribution < 1.29 is 23.5 Å². The second-order valence-corrected chi connectivity index (χ2v) is 4.07. The van der Waals surface area contributed by atoms with Gasteiger partial charge in [0.1, 0.15) is 0 Å². The first kappa shape index (κ1) is 12.6. The van der Waals surface area contributed by atoms with Gasteiger partial charge in [0.25, 0.3) is 0 Å². The van der Waals surface area contributed by atoms with Gasteiger partial charge < -0.3 is 14.2 Å². The van der Waals surface area contributed by atoms with E-state index in [0.717, 1.165) is 6.42 Å². The van der Waals surface area contributed by atoms with Gasteiger partial charge in [-0.3, -0.25) is 0 Å². The first-order valence-electron chi connectivity index (χ1n) is 4.19. The van der Waals surface area contributed by atoms with Crippen molar-refractivity contribution in [2.24, 2.45) is 0 Å². The summed E-state index contributed by atoms with van der Waals surface area (Å²) >= 11 is 0. The van der Waals surface area contributed by atoms with Crippen molar-refractivity contribution in [3.05, 3.63) is 0 Å². The minimum absolute atomic E-state index is 0.0106. The standard InChI is InChI=1S/C7H15O5P/c1-3-5-6-11-7(8)13(9,10)12-4-2/h3-6H2,1-2H3,(H,9,10). The third kappa shape index (κ3) is 5.03. The number of carbonyl (C=O) groups excluding carboxylic acids is 1. The summed E-state index contributed by atoms with van der Waals surface area (Å²) < 4.78 is 19.8. The van der Waals surface area contributed by atoms with Crippen molar-refractivity contribution in [2.75, 3.05) is 13.2 Å². The molecule has 0 aliphatic rings. The predicted octanol–water partition coefficient (Wildman–Crippen LogP) is 2.14. The highest BCUT2D eigenvalue weighted by Crippen LogP contribution is 2.43. The molecule has 0 aromatic carbocycles. The molecule has 0 aromatic heterocycles. The third-order valence-corrected chi connectivity index (χ3v) is 2.46. The van der Waals surface area contributed by atoms with E-state index in [4.69, 9.17) is 4.89 Å². The van der Waals surface area contributed by atoms with Gasteiger partial charge in [-0.25, -0.2) is 9.36 Å². The molecule has 0 aliphatic carbocycles. The molecular weight excluding hydrogens is 195 g/mol. The van der Waals surface area contributed by atoms with Crippen LogP contribution < -0.4 is 0 Å². The van der Waals surface area contributed by atoms with E-state index in [0.29, 0.717) is 6.42 Å². The topological polar surface area (TPSA) is 72.8 Å². The smallest absolute Gasteiger partial charge is 0.435 e. The molecule has 6 heteroatoms. The molecule has 5 nitrogen and oxygen atoms in total. The lowest BCUT2D eigenvalue weighted by Gasteiger charge is -2.09. The Bertz CT molecular complexity index is 203. The molecule has 78 valence electrons. The van der Waals surface area contributed by atoms with Gasteiger partial charge in [-0.2, -0.15) is 0 Å². The van der Waals surface area contributed by atoms with Crippen LogP contribution >= 0.6 is 7.60 Å². The Balaban J connectivity index is 3.88. The lowest BCUT2D eigenvalue weighted by Crippen LogP contribution is -2.06. The Kier molecular flexibility index (Phi) is 5.95. The molecular formula is C7H15O5P. The third-order valence-electron chi connectivity index (χ3n) is 1.26. The summed E-state index contributed by atoms with van der Waals surface area (Å²) in [6.07, 6.45) is 1.54. The molecule has 1 atom stereocenters. The van der Waals surface area contributed by atoms with Crippen LogP contribution in [0.2, 0.25) is 0 Å². The van der Waals surface area contributed by atoms with Crippen LogP contribution in [0.5, 0.6) is 0 Å². The molecule has 0 rings (SSSR count). The normalized spacial score (nSPS) is 15.0. The average Bonchev–Trinajstić information content (AvgIpc) is 2.04. The number of ether oxygens (including phenoxy) is 1. The molecule has 1 unspecified atom stereocenters. The van der Waals surface area contributed by atoms with Crippen molar-refractivity contribution in [2.45, 2.75) is 26.7 Å². The highest BCUT2D eigenvalue weighted by atomic mass is 31.2. The molecule has 13 heavy (non-hydrogen) atoms. The van der Waals surface area contributed by atoms with Gasteiger partial charge >= 0.3 is 13.3 Å². The quantitative estimate of drug-likeness (QED) is 0.537. The molecule has 1 N–H and O–H groups in total. The minimum Gasteiger partial charge on any atom is -0.457 e. The van der Waals surface area contributed by atoms with E-state index < -0.39 is 13.3 Å². The minimum atomic E-state index is -4.18. The summed E-state index contributed by atoms with van der Waals surface area (Å²) in [6.45, 7) is 3.63. The zero-order valence-electron chi connectivity index (χ0n) is 7.86. The summed E-state index contributed by atoms with van der Waals surface area (Å²) in [5, 5.41) is 0. The van der Waals surface area contributed by atoms with Gasteiger partial charge in [-0.1, -0.05) is 13.3 Å². The SMILES string of the molecule is CCCCOC(=O)P(=O)(O)OCC. The van der Waals surface area contributed by atoms with Gasteiger partial charge in [0.2, 0.25) is 0 Å². The highest BCUT2D eigenvalue weighted by molar-refractivity contribution is 7.70. The summed E-state index contributed by atoms with van der Waals surface area (Å²) in [5.74, 6) is 0. The number of carbonyl (C=O) groups is 1. The van der Waals surface area contributed by atoms with Crippen LogP contribution in [0, 0.1) is 0 Å². The summed E-state index contributed by atoms with van der Waals surface area (Å²) in [4.78, 5) is 19.8. The fourth-order valence-corrected chi connectivity index (χ4v) is 1.32. The van der Waals surface area contributed by atoms with Crippen molar-refractivity contribution >= 4 is 13.3 Å². The summed E-state index contributed by atoms with van der Waals surface area (Å²) in [6, 6.07) is 0. The fourth-order valence-electron chi connectivity index (χ4n) is 0.613. The van der Waals surface area contributed by atoms with Crippen LogP contribution in [-0.4, -0.2) is 23.8 Å². The first-order chi connectivity index (χ1) is 6.04. The maximum Gasteiger partial charge on any atom is 0.435 e. The monoisotopic (exact) mass is 210 g/mol. The Labute approximate surface area is 77.6 Å². The van der Waals surface area contributed by atoms with Gasteiger partial charge in [0, 0.05) is 0 Å². The fraction of sp³-hybridized carbons (Fsp3) is 0.857. The van der Waals surface area contributed by atoms with Gasteiger partial charge in [0.15, 0.2) is 0 Å². The van der Waals surface area contributed by atoms with E-state index in [2.05, 4.69) is 9.26 Å². The van der Waals surface area contributed by atoms with E-state index >= 15 is 0 Å². The molecule has 0 fully saturated rings.